The molecule has 2 N–H and O–H groups in total. The molecule has 1 aliphatic heterocycles. The van der Waals surface area contributed by atoms with Crippen molar-refractivity contribution in [2.45, 2.75) is 18.9 Å². The van der Waals surface area contributed by atoms with Gasteiger partial charge in [0, 0.05) is 18.2 Å². The molecule has 1 aromatic rings. The second kappa shape index (κ2) is 5.93. The van der Waals surface area contributed by atoms with Gasteiger partial charge in [0.05, 0.1) is 7.11 Å². The lowest BCUT2D eigenvalue weighted by atomic mass is 10.1. The van der Waals surface area contributed by atoms with Crippen LogP contribution < -0.4 is 10.1 Å². The number of carbonyl (C=O) groups excluding carboxylic acids is 1. The minimum absolute atomic E-state index is 0.0366. The number of likely N-dealkylation sites (N-methyl/N-ethyl adjacent to an activating group) is 1. The monoisotopic (exact) mass is 264 g/mol. The third kappa shape index (κ3) is 3.17. The first kappa shape index (κ1) is 13.7. The van der Waals surface area contributed by atoms with Crippen LogP contribution in [0.2, 0.25) is 0 Å². The number of hydrogen-bond donors (Lipinski definition) is 2. The fourth-order valence-corrected chi connectivity index (χ4v) is 2.37. The summed E-state index contributed by atoms with van der Waals surface area (Å²) in [6.45, 7) is 1.74. The number of likely N-dealkylation sites (tertiary alicyclic amines) is 1. The lowest BCUT2D eigenvalue weighted by Gasteiger charge is -2.19. The maximum absolute atomic E-state index is 12.0. The number of phenols is 1. The van der Waals surface area contributed by atoms with Crippen molar-refractivity contribution >= 4 is 5.91 Å². The van der Waals surface area contributed by atoms with E-state index in [2.05, 4.69) is 17.3 Å². The average molecular weight is 264 g/mol. The van der Waals surface area contributed by atoms with Crippen molar-refractivity contribution in [3.05, 3.63) is 23.8 Å². The summed E-state index contributed by atoms with van der Waals surface area (Å²) in [4.78, 5) is 14.3. The fourth-order valence-electron chi connectivity index (χ4n) is 2.37. The number of methoxy groups -OCH3 is 1. The number of benzene rings is 1. The van der Waals surface area contributed by atoms with Crippen molar-refractivity contribution in [1.29, 1.82) is 0 Å². The van der Waals surface area contributed by atoms with E-state index in [-0.39, 0.29) is 11.7 Å². The number of nitrogens with one attached hydrogen (secondary N) is 1. The third-order valence-corrected chi connectivity index (χ3v) is 3.61. The van der Waals surface area contributed by atoms with Crippen LogP contribution in [0.3, 0.4) is 0 Å². The van der Waals surface area contributed by atoms with E-state index in [1.807, 2.05) is 0 Å². The van der Waals surface area contributed by atoms with Crippen molar-refractivity contribution < 1.29 is 14.6 Å². The van der Waals surface area contributed by atoms with E-state index in [1.54, 1.807) is 12.1 Å². The zero-order chi connectivity index (χ0) is 13.8. The van der Waals surface area contributed by atoms with Gasteiger partial charge in [-0.25, -0.2) is 0 Å². The number of amides is 1. The minimum atomic E-state index is -0.140. The summed E-state index contributed by atoms with van der Waals surface area (Å²) in [5.41, 5.74) is 0.496. The van der Waals surface area contributed by atoms with Gasteiger partial charge in [0.1, 0.15) is 0 Å². The number of carbonyl (C=O) groups is 1. The van der Waals surface area contributed by atoms with E-state index in [4.69, 9.17) is 4.74 Å². The molecule has 1 aliphatic rings. The van der Waals surface area contributed by atoms with E-state index in [1.165, 1.54) is 19.6 Å². The molecule has 0 aromatic heterocycles. The Morgan fingerprint density at radius 2 is 2.37 bits per heavy atom. The number of phenolic OH excluding ortho intramolecular Hbond substituents is 1. The van der Waals surface area contributed by atoms with E-state index < -0.39 is 0 Å². The van der Waals surface area contributed by atoms with Gasteiger partial charge < -0.3 is 20.1 Å². The quantitative estimate of drug-likeness (QED) is 0.858. The fraction of sp³-hybridized carbons (Fsp3) is 0.500. The smallest absolute Gasteiger partial charge is 0.251 e. The van der Waals surface area contributed by atoms with E-state index in [0.717, 1.165) is 13.0 Å². The Bertz CT molecular complexity index is 462. The molecule has 2 rings (SSSR count). The van der Waals surface area contributed by atoms with E-state index >= 15 is 0 Å². The number of nitrogens with zero attached hydrogens (tertiary/aromatic N) is 1. The second-order valence-corrected chi connectivity index (χ2v) is 4.87. The molecule has 0 radical (unpaired) electrons. The van der Waals surface area contributed by atoms with Crippen LogP contribution in [0.1, 0.15) is 23.2 Å². The normalized spacial score (nSPS) is 19.4. The maximum Gasteiger partial charge on any atom is 0.251 e. The summed E-state index contributed by atoms with van der Waals surface area (Å²) in [5.74, 6) is 0.207. The van der Waals surface area contributed by atoms with Gasteiger partial charge in [-0.15, -0.1) is 0 Å². The van der Waals surface area contributed by atoms with Crippen LogP contribution in [0.15, 0.2) is 18.2 Å². The Labute approximate surface area is 113 Å². The third-order valence-electron chi connectivity index (χ3n) is 3.61. The van der Waals surface area contributed by atoms with Gasteiger partial charge in [-0.1, -0.05) is 0 Å². The highest BCUT2D eigenvalue weighted by Gasteiger charge is 2.21. The number of aromatic hydroxyl groups is 1. The Kier molecular flexibility index (Phi) is 4.27. The van der Waals surface area contributed by atoms with Gasteiger partial charge in [-0.3, -0.25) is 4.79 Å². The molecule has 1 amide bonds. The molecular formula is C14H20N2O3. The molecule has 5 nitrogen and oxygen atoms in total. The first-order valence-corrected chi connectivity index (χ1v) is 6.47. The molecule has 0 spiro atoms. The molecule has 0 aliphatic carbocycles. The Morgan fingerprint density at radius 1 is 1.58 bits per heavy atom. The maximum atomic E-state index is 12.0. The van der Waals surface area contributed by atoms with Gasteiger partial charge >= 0.3 is 0 Å². The first-order valence-electron chi connectivity index (χ1n) is 6.47. The summed E-state index contributed by atoms with van der Waals surface area (Å²) in [6, 6.07) is 5.02. The van der Waals surface area contributed by atoms with Crippen molar-refractivity contribution in [2.75, 3.05) is 27.2 Å². The molecule has 0 saturated carbocycles. The lowest BCUT2D eigenvalue weighted by Crippen LogP contribution is -2.38. The standard InChI is InChI=1S/C14H20N2O3/c1-16-7-3-4-11(16)9-15-14(18)10-5-6-12(17)13(8-10)19-2/h5-6,8,11,17H,3-4,7,9H2,1-2H3,(H,15,18). The highest BCUT2D eigenvalue weighted by molar-refractivity contribution is 5.94. The van der Waals surface area contributed by atoms with Gasteiger partial charge in [0.25, 0.3) is 5.91 Å². The lowest BCUT2D eigenvalue weighted by molar-refractivity contribution is 0.0943. The highest BCUT2D eigenvalue weighted by Crippen LogP contribution is 2.26. The molecule has 1 saturated heterocycles. The summed E-state index contributed by atoms with van der Waals surface area (Å²) in [5, 5.41) is 12.4. The summed E-state index contributed by atoms with van der Waals surface area (Å²) in [6.07, 6.45) is 2.31. The van der Waals surface area contributed by atoms with Gasteiger partial charge in [-0.05, 0) is 44.6 Å². The van der Waals surface area contributed by atoms with Crippen molar-refractivity contribution in [3.63, 3.8) is 0 Å². The van der Waals surface area contributed by atoms with Crippen LogP contribution in [0.5, 0.6) is 11.5 Å². The predicted molar refractivity (Wildman–Crippen MR) is 72.6 cm³/mol. The highest BCUT2D eigenvalue weighted by atomic mass is 16.5. The zero-order valence-electron chi connectivity index (χ0n) is 11.3. The van der Waals surface area contributed by atoms with Crippen molar-refractivity contribution in [3.8, 4) is 11.5 Å². The zero-order valence-corrected chi connectivity index (χ0v) is 11.3. The van der Waals surface area contributed by atoms with Crippen LogP contribution in [0, 0.1) is 0 Å². The molecule has 104 valence electrons. The van der Waals surface area contributed by atoms with E-state index in [9.17, 15) is 9.90 Å². The van der Waals surface area contributed by atoms with Crippen LogP contribution >= 0.6 is 0 Å². The summed E-state index contributed by atoms with van der Waals surface area (Å²) >= 11 is 0. The molecule has 1 fully saturated rings. The molecule has 19 heavy (non-hydrogen) atoms. The summed E-state index contributed by atoms with van der Waals surface area (Å²) in [7, 11) is 3.54. The van der Waals surface area contributed by atoms with E-state index in [0.29, 0.717) is 23.9 Å². The SMILES string of the molecule is COc1cc(C(=O)NCC2CCCN2C)ccc1O. The number of rotatable bonds is 4. The summed E-state index contributed by atoms with van der Waals surface area (Å²) < 4.78 is 4.99. The first-order chi connectivity index (χ1) is 9.11. The molecule has 5 heteroatoms. The molecule has 0 bridgehead atoms. The largest absolute Gasteiger partial charge is 0.504 e. The van der Waals surface area contributed by atoms with Crippen LogP contribution in [0.25, 0.3) is 0 Å². The van der Waals surface area contributed by atoms with Crippen LogP contribution in [-0.4, -0.2) is 49.2 Å². The molecule has 1 unspecified atom stereocenters. The molecular weight excluding hydrogens is 244 g/mol. The average Bonchev–Trinajstić information content (AvgIpc) is 2.82. The number of ether oxygens (including phenoxy) is 1. The molecule has 1 atom stereocenters. The predicted octanol–water partition coefficient (Wildman–Crippen LogP) is 1.22. The Hall–Kier alpha value is -1.75. The van der Waals surface area contributed by atoms with Crippen LogP contribution in [-0.2, 0) is 0 Å². The molecule has 1 heterocycles. The van der Waals surface area contributed by atoms with Crippen LogP contribution in [0.4, 0.5) is 0 Å². The second-order valence-electron chi connectivity index (χ2n) is 4.87. The Balaban J connectivity index is 1.96. The number of hydrogen-bond acceptors (Lipinski definition) is 4. The van der Waals surface area contributed by atoms with Gasteiger partial charge in [0.15, 0.2) is 11.5 Å². The molecule has 1 aromatic carbocycles. The van der Waals surface area contributed by atoms with Crippen molar-refractivity contribution in [2.24, 2.45) is 0 Å². The van der Waals surface area contributed by atoms with Gasteiger partial charge in [0.2, 0.25) is 0 Å². The topological polar surface area (TPSA) is 61.8 Å². The Morgan fingerprint density at radius 3 is 3.00 bits per heavy atom. The minimum Gasteiger partial charge on any atom is -0.504 e. The van der Waals surface area contributed by atoms with Crippen molar-refractivity contribution in [1.82, 2.24) is 10.2 Å². The van der Waals surface area contributed by atoms with Gasteiger partial charge in [-0.2, -0.15) is 0 Å².